The first kappa shape index (κ1) is 24.1. The minimum Gasteiger partial charge on any atom is -0.429 e. The summed E-state index contributed by atoms with van der Waals surface area (Å²) in [5.74, 6) is -1.79. The molecule has 12 heteroatoms. The van der Waals surface area contributed by atoms with Crippen molar-refractivity contribution in [2.75, 3.05) is 13.2 Å². The molecular weight excluding hydrogens is 432 g/mol. The third-order valence-corrected chi connectivity index (χ3v) is 3.45. The lowest BCUT2D eigenvalue weighted by Crippen LogP contribution is -2.17. The number of benzene rings is 2. The van der Waals surface area contributed by atoms with Crippen LogP contribution in [0.4, 0.5) is 9.59 Å². The molecule has 0 bridgehead atoms. The van der Waals surface area contributed by atoms with Gasteiger partial charge in [-0.2, -0.15) is 0 Å². The first-order valence-electron chi connectivity index (χ1n) is 8.93. The Hall–Kier alpha value is -4.16. The summed E-state index contributed by atoms with van der Waals surface area (Å²) in [6, 6.07) is 12.8. The molecule has 170 valence electrons. The highest BCUT2D eigenvalue weighted by molar-refractivity contribution is 5.89. The van der Waals surface area contributed by atoms with Crippen molar-refractivity contribution in [3.8, 4) is 0 Å². The Morgan fingerprint density at radius 2 is 1.03 bits per heavy atom. The van der Waals surface area contributed by atoms with Gasteiger partial charge in [0.05, 0.1) is 21.2 Å². The lowest BCUT2D eigenvalue weighted by atomic mass is 10.1. The number of aryl methyl sites for hydroxylation is 2. The van der Waals surface area contributed by atoms with Crippen molar-refractivity contribution in [3.63, 3.8) is 0 Å². The van der Waals surface area contributed by atoms with E-state index in [4.69, 9.17) is 0 Å². The normalized spacial score (nSPS) is 9.94. The van der Waals surface area contributed by atoms with Gasteiger partial charge in [0, 0.05) is 0 Å². The third-order valence-electron chi connectivity index (χ3n) is 3.45. The summed E-state index contributed by atoms with van der Waals surface area (Å²) >= 11 is 0. The summed E-state index contributed by atoms with van der Waals surface area (Å²) in [6.07, 6.45) is -2.75. The zero-order valence-corrected chi connectivity index (χ0v) is 16.9. The number of rotatable bonds is 9. The van der Waals surface area contributed by atoms with Crippen LogP contribution in [0, 0.1) is 13.8 Å². The third kappa shape index (κ3) is 8.69. The first-order valence-corrected chi connectivity index (χ1v) is 8.93. The Labute approximate surface area is 181 Å². The molecule has 0 aliphatic carbocycles. The van der Waals surface area contributed by atoms with Gasteiger partial charge >= 0.3 is 24.2 Å². The largest absolute Gasteiger partial charge is 0.543 e. The summed E-state index contributed by atoms with van der Waals surface area (Å²) in [4.78, 5) is 62.4. The van der Waals surface area contributed by atoms with Gasteiger partial charge in [-0.3, -0.25) is 9.78 Å². The molecule has 0 aromatic heterocycles. The van der Waals surface area contributed by atoms with Crippen LogP contribution in [-0.4, -0.2) is 37.5 Å². The van der Waals surface area contributed by atoms with Crippen LogP contribution in [0.25, 0.3) is 0 Å². The number of carbonyl (C=O) groups excluding carboxylic acids is 4. The molecular formula is C20H18O12. The van der Waals surface area contributed by atoms with Gasteiger partial charge in [0.25, 0.3) is 0 Å². The van der Waals surface area contributed by atoms with E-state index >= 15 is 0 Å². The molecule has 0 spiro atoms. The fraction of sp³-hybridized carbons (Fsp3) is 0.200. The maximum atomic E-state index is 11.6. The smallest absolute Gasteiger partial charge is 0.429 e. The molecule has 0 aliphatic heterocycles. The molecule has 0 unspecified atom stereocenters. The minimum atomic E-state index is -1.37. The van der Waals surface area contributed by atoms with Gasteiger partial charge < -0.3 is 9.47 Å². The van der Waals surface area contributed by atoms with Gasteiger partial charge in [-0.25, -0.2) is 29.0 Å². The van der Waals surface area contributed by atoms with E-state index in [0.29, 0.717) is 0 Å². The SMILES string of the molecule is Cc1cccc(C(=O)OOOC(=O)OCCOC(=O)OOOC(=O)c2cccc(C)c2)c1. The van der Waals surface area contributed by atoms with Crippen LogP contribution in [0.2, 0.25) is 0 Å². The molecule has 0 radical (unpaired) electrons. The Morgan fingerprint density at radius 3 is 1.41 bits per heavy atom. The predicted octanol–water partition coefficient (Wildman–Crippen LogP) is 3.32. The highest BCUT2D eigenvalue weighted by Crippen LogP contribution is 2.07. The molecule has 2 aromatic carbocycles. The summed E-state index contributed by atoms with van der Waals surface area (Å²) in [5, 5.41) is 8.05. The van der Waals surface area contributed by atoms with E-state index in [9.17, 15) is 19.2 Å². The number of ether oxygens (including phenoxy) is 2. The van der Waals surface area contributed by atoms with Gasteiger partial charge in [-0.15, -0.1) is 0 Å². The van der Waals surface area contributed by atoms with Crippen LogP contribution in [0.15, 0.2) is 48.5 Å². The maximum Gasteiger partial charge on any atom is 0.543 e. The predicted molar refractivity (Wildman–Crippen MR) is 100 cm³/mol. The fourth-order valence-corrected chi connectivity index (χ4v) is 2.09. The van der Waals surface area contributed by atoms with E-state index in [1.54, 1.807) is 38.1 Å². The van der Waals surface area contributed by atoms with Crippen molar-refractivity contribution in [2.45, 2.75) is 13.8 Å². The average molecular weight is 450 g/mol. The van der Waals surface area contributed by atoms with Crippen LogP contribution >= 0.6 is 0 Å². The van der Waals surface area contributed by atoms with Crippen molar-refractivity contribution in [1.82, 2.24) is 0 Å². The Morgan fingerprint density at radius 1 is 0.625 bits per heavy atom. The zero-order chi connectivity index (χ0) is 23.3. The Kier molecular flexibility index (Phi) is 9.43. The van der Waals surface area contributed by atoms with E-state index in [1.165, 1.54) is 24.3 Å². The van der Waals surface area contributed by atoms with Gasteiger partial charge in [0.2, 0.25) is 0 Å². The maximum absolute atomic E-state index is 11.6. The summed E-state index contributed by atoms with van der Waals surface area (Å²) in [6.45, 7) is 2.61. The zero-order valence-electron chi connectivity index (χ0n) is 16.9. The lowest BCUT2D eigenvalue weighted by molar-refractivity contribution is -0.453. The van der Waals surface area contributed by atoms with Crippen LogP contribution in [0.3, 0.4) is 0 Å². The van der Waals surface area contributed by atoms with Gasteiger partial charge in [-0.1, -0.05) is 35.4 Å². The van der Waals surface area contributed by atoms with Gasteiger partial charge in [0.15, 0.2) is 0 Å². The van der Waals surface area contributed by atoms with Crippen molar-refractivity contribution in [1.29, 1.82) is 0 Å². The summed E-state index contributed by atoms with van der Waals surface area (Å²) in [5.41, 5.74) is 1.99. The monoisotopic (exact) mass is 450 g/mol. The molecule has 0 N–H and O–H groups in total. The van der Waals surface area contributed by atoms with Crippen molar-refractivity contribution in [3.05, 3.63) is 70.8 Å². The van der Waals surface area contributed by atoms with Crippen LogP contribution in [0.1, 0.15) is 31.8 Å². The number of carbonyl (C=O) groups is 4. The standard InChI is InChI=1S/C20H18O12/c1-13-5-3-7-15(11-13)17(21)27-31-29-19(23)25-9-10-26-20(24)30-32-28-18(22)16-8-4-6-14(2)12-16/h3-8,11-12H,9-10H2,1-2H3. The number of hydrogen-bond acceptors (Lipinski definition) is 12. The minimum absolute atomic E-state index is 0.181. The summed E-state index contributed by atoms with van der Waals surface area (Å²) in [7, 11) is 0. The molecule has 2 rings (SSSR count). The van der Waals surface area contributed by atoms with E-state index in [1.807, 2.05) is 0 Å². The van der Waals surface area contributed by atoms with Crippen LogP contribution in [0.5, 0.6) is 0 Å². The summed E-state index contributed by atoms with van der Waals surface area (Å²) < 4.78 is 8.95. The highest BCUT2D eigenvalue weighted by atomic mass is 17.5. The molecule has 0 aliphatic rings. The highest BCUT2D eigenvalue weighted by Gasteiger charge is 2.14. The van der Waals surface area contributed by atoms with Gasteiger partial charge in [-0.05, 0) is 38.1 Å². The Bertz CT molecular complexity index is 878. The van der Waals surface area contributed by atoms with Crippen LogP contribution < -0.4 is 0 Å². The van der Waals surface area contributed by atoms with Gasteiger partial charge in [0.1, 0.15) is 13.2 Å². The van der Waals surface area contributed by atoms with E-state index in [0.717, 1.165) is 11.1 Å². The van der Waals surface area contributed by atoms with Crippen LogP contribution in [-0.2, 0) is 39.1 Å². The Balaban J connectivity index is 1.52. The lowest BCUT2D eigenvalue weighted by Gasteiger charge is -2.05. The molecule has 0 heterocycles. The second-order valence-electron chi connectivity index (χ2n) is 5.98. The molecule has 0 atom stereocenters. The second kappa shape index (κ2) is 12.5. The van der Waals surface area contributed by atoms with E-state index in [-0.39, 0.29) is 11.1 Å². The van der Waals surface area contributed by atoms with Crippen molar-refractivity contribution >= 4 is 24.2 Å². The fourth-order valence-electron chi connectivity index (χ4n) is 2.09. The number of hydrogen-bond donors (Lipinski definition) is 0. The van der Waals surface area contributed by atoms with E-state index < -0.39 is 37.5 Å². The second-order valence-corrected chi connectivity index (χ2v) is 5.98. The van der Waals surface area contributed by atoms with E-state index in [2.05, 4.69) is 39.1 Å². The topological polar surface area (TPSA) is 142 Å². The average Bonchev–Trinajstić information content (AvgIpc) is 2.76. The first-order chi connectivity index (χ1) is 15.3. The molecule has 0 saturated carbocycles. The molecule has 32 heavy (non-hydrogen) atoms. The molecule has 2 aromatic rings. The molecule has 12 nitrogen and oxygen atoms in total. The van der Waals surface area contributed by atoms with Crippen molar-refractivity contribution in [2.24, 2.45) is 0 Å². The molecule has 0 saturated heterocycles. The molecule has 0 amide bonds. The quantitative estimate of drug-likeness (QED) is 0.239. The molecule has 0 fully saturated rings. The van der Waals surface area contributed by atoms with Crippen molar-refractivity contribution < 1.29 is 58.3 Å².